The zero-order valence-corrected chi connectivity index (χ0v) is 10.1. The molecule has 0 aromatic carbocycles. The van der Waals surface area contributed by atoms with E-state index in [1.54, 1.807) is 6.92 Å². The lowest BCUT2D eigenvalue weighted by Crippen LogP contribution is -2.37. The van der Waals surface area contributed by atoms with Gasteiger partial charge in [0.15, 0.2) is 0 Å². The first kappa shape index (κ1) is 18.0. The van der Waals surface area contributed by atoms with E-state index in [4.69, 9.17) is 25.5 Å². The fourth-order valence-electron chi connectivity index (χ4n) is 0.553. The van der Waals surface area contributed by atoms with Crippen molar-refractivity contribution in [3.05, 3.63) is 0 Å². The summed E-state index contributed by atoms with van der Waals surface area (Å²) in [4.78, 5) is 9.76. The fourth-order valence-corrected chi connectivity index (χ4v) is 0.709. The van der Waals surface area contributed by atoms with Crippen molar-refractivity contribution in [1.82, 2.24) is 0 Å². The molecule has 0 bridgehead atoms. The third kappa shape index (κ3) is 8.93. The van der Waals surface area contributed by atoms with E-state index in [2.05, 4.69) is 12.6 Å². The first-order valence-corrected chi connectivity index (χ1v) is 5.22. The second kappa shape index (κ2) is 9.86. The Labute approximate surface area is 100.0 Å². The zero-order valence-electron chi connectivity index (χ0n) is 9.20. The van der Waals surface area contributed by atoms with Gasteiger partial charge in [0.25, 0.3) is 0 Å². The topological polar surface area (TPSA) is 118 Å². The molecule has 98 valence electrons. The van der Waals surface area contributed by atoms with Crippen LogP contribution in [-0.2, 0) is 4.79 Å². The van der Waals surface area contributed by atoms with Gasteiger partial charge in [-0.2, -0.15) is 12.6 Å². The molecule has 0 saturated carbocycles. The van der Waals surface area contributed by atoms with E-state index in [9.17, 15) is 4.79 Å². The summed E-state index contributed by atoms with van der Waals surface area (Å²) in [5.74, 6) is -0.789. The average molecular weight is 256 g/mol. The molecule has 0 fully saturated rings. The monoisotopic (exact) mass is 256 g/mol. The molecule has 0 amide bonds. The third-order valence-corrected chi connectivity index (χ3v) is 1.99. The van der Waals surface area contributed by atoms with Crippen molar-refractivity contribution in [2.45, 2.75) is 18.6 Å². The summed E-state index contributed by atoms with van der Waals surface area (Å²) in [6.45, 7) is 0.122. The Morgan fingerprint density at radius 3 is 1.44 bits per heavy atom. The van der Waals surface area contributed by atoms with Crippen molar-refractivity contribution in [1.29, 1.82) is 0 Å². The van der Waals surface area contributed by atoms with E-state index in [1.807, 2.05) is 0 Å². The first-order chi connectivity index (χ1) is 7.37. The maximum Gasteiger partial charge on any atom is 0.304 e. The Balaban J connectivity index is 0. The molecule has 0 aromatic rings. The Bertz CT molecular complexity index is 163. The lowest BCUT2D eigenvalue weighted by molar-refractivity contribution is -0.136. The van der Waals surface area contributed by atoms with Crippen LogP contribution in [0.4, 0.5) is 0 Å². The molecule has 0 heterocycles. The molecule has 0 aliphatic heterocycles. The van der Waals surface area contributed by atoms with Gasteiger partial charge in [0.05, 0.1) is 38.3 Å². The normalized spacial score (nSPS) is 12.6. The van der Waals surface area contributed by atoms with Crippen molar-refractivity contribution in [3.63, 3.8) is 0 Å². The van der Waals surface area contributed by atoms with Crippen LogP contribution in [0, 0.1) is 5.41 Å². The quantitative estimate of drug-likeness (QED) is 0.330. The number of hydrogen-bond acceptors (Lipinski definition) is 6. The highest BCUT2D eigenvalue weighted by Crippen LogP contribution is 2.11. The van der Waals surface area contributed by atoms with Crippen LogP contribution in [0.15, 0.2) is 0 Å². The molecule has 0 spiro atoms. The highest BCUT2D eigenvalue weighted by atomic mass is 32.1. The minimum atomic E-state index is -1.11. The number of aliphatic carboxylic acids is 1. The molecule has 1 unspecified atom stereocenters. The Hall–Kier alpha value is -0.340. The number of carboxylic acids is 1. The van der Waals surface area contributed by atoms with E-state index >= 15 is 0 Å². The summed E-state index contributed by atoms with van der Waals surface area (Å²) in [6, 6.07) is 0. The molecule has 0 saturated heterocycles. The van der Waals surface area contributed by atoms with Gasteiger partial charge in [-0.15, -0.1) is 0 Å². The Morgan fingerprint density at radius 2 is 1.44 bits per heavy atom. The minimum absolute atomic E-state index is 0.0301. The SMILES string of the molecule is CC(S)CC(=O)O.OCC(CO)(CO)CO. The van der Waals surface area contributed by atoms with Gasteiger partial charge in [-0.3, -0.25) is 4.79 Å². The number of hydrogen-bond donors (Lipinski definition) is 6. The van der Waals surface area contributed by atoms with Crippen LogP contribution in [0.2, 0.25) is 0 Å². The van der Waals surface area contributed by atoms with E-state index in [-0.39, 0.29) is 11.7 Å². The van der Waals surface area contributed by atoms with Crippen LogP contribution in [0.1, 0.15) is 13.3 Å². The number of aliphatic hydroxyl groups is 4. The summed E-state index contributed by atoms with van der Waals surface area (Å²) >= 11 is 3.86. The number of carbonyl (C=O) groups is 1. The first-order valence-electron chi connectivity index (χ1n) is 4.70. The predicted octanol–water partition coefficient (Wildman–Crippen LogP) is -1.28. The van der Waals surface area contributed by atoms with Crippen molar-refractivity contribution in [3.8, 4) is 0 Å². The lowest BCUT2D eigenvalue weighted by atomic mass is 9.93. The highest BCUT2D eigenvalue weighted by molar-refractivity contribution is 7.80. The molecular weight excluding hydrogens is 236 g/mol. The number of thiol groups is 1. The van der Waals surface area contributed by atoms with E-state index in [0.717, 1.165) is 0 Å². The zero-order chi connectivity index (χ0) is 13.2. The summed E-state index contributed by atoms with van der Waals surface area (Å²) in [5.41, 5.74) is -1.11. The molecule has 1 atom stereocenters. The van der Waals surface area contributed by atoms with Gasteiger partial charge in [0.1, 0.15) is 0 Å². The molecule has 0 radical (unpaired) electrons. The second-order valence-corrected chi connectivity index (χ2v) is 4.46. The highest BCUT2D eigenvalue weighted by Gasteiger charge is 2.26. The number of rotatable bonds is 6. The van der Waals surface area contributed by atoms with Gasteiger partial charge < -0.3 is 25.5 Å². The van der Waals surface area contributed by atoms with Crippen LogP contribution in [0.3, 0.4) is 0 Å². The van der Waals surface area contributed by atoms with Crippen LogP contribution in [0.5, 0.6) is 0 Å². The molecule has 0 rings (SSSR count). The van der Waals surface area contributed by atoms with Gasteiger partial charge in [0.2, 0.25) is 0 Å². The van der Waals surface area contributed by atoms with Gasteiger partial charge in [-0.25, -0.2) is 0 Å². The summed E-state index contributed by atoms with van der Waals surface area (Å²) in [5, 5.41) is 42.0. The summed E-state index contributed by atoms with van der Waals surface area (Å²) in [6.07, 6.45) is 0.142. The predicted molar refractivity (Wildman–Crippen MR) is 61.5 cm³/mol. The molecule has 0 aromatic heterocycles. The average Bonchev–Trinajstić information content (AvgIpc) is 2.21. The van der Waals surface area contributed by atoms with Crippen molar-refractivity contribution in [2.75, 3.05) is 26.4 Å². The van der Waals surface area contributed by atoms with E-state index < -0.39 is 37.8 Å². The van der Waals surface area contributed by atoms with Crippen LogP contribution >= 0.6 is 12.6 Å². The van der Waals surface area contributed by atoms with Crippen LogP contribution in [-0.4, -0.2) is 63.2 Å². The molecule has 16 heavy (non-hydrogen) atoms. The smallest absolute Gasteiger partial charge is 0.304 e. The van der Waals surface area contributed by atoms with Gasteiger partial charge in [-0.05, 0) is 0 Å². The summed E-state index contributed by atoms with van der Waals surface area (Å²) < 4.78 is 0. The summed E-state index contributed by atoms with van der Waals surface area (Å²) in [7, 11) is 0. The van der Waals surface area contributed by atoms with Gasteiger partial charge in [0, 0.05) is 5.25 Å². The Morgan fingerprint density at radius 1 is 1.12 bits per heavy atom. The fraction of sp³-hybridized carbons (Fsp3) is 0.889. The number of carboxylic acid groups (broad SMARTS) is 1. The van der Waals surface area contributed by atoms with Gasteiger partial charge >= 0.3 is 5.97 Å². The molecule has 6 nitrogen and oxygen atoms in total. The second-order valence-electron chi connectivity index (χ2n) is 3.58. The molecule has 7 heteroatoms. The van der Waals surface area contributed by atoms with Crippen molar-refractivity contribution < 1.29 is 30.3 Å². The molecular formula is C9H20O6S. The maximum absolute atomic E-state index is 9.76. The van der Waals surface area contributed by atoms with Crippen LogP contribution < -0.4 is 0 Å². The Kier molecular flexibility index (Phi) is 11.1. The van der Waals surface area contributed by atoms with Gasteiger partial charge in [-0.1, -0.05) is 6.92 Å². The largest absolute Gasteiger partial charge is 0.481 e. The maximum atomic E-state index is 9.76. The van der Waals surface area contributed by atoms with Crippen molar-refractivity contribution >= 4 is 18.6 Å². The van der Waals surface area contributed by atoms with E-state index in [0.29, 0.717) is 0 Å². The molecule has 5 N–H and O–H groups in total. The number of aliphatic hydroxyl groups excluding tert-OH is 4. The van der Waals surface area contributed by atoms with Crippen molar-refractivity contribution in [2.24, 2.45) is 5.41 Å². The molecule has 0 aliphatic carbocycles. The minimum Gasteiger partial charge on any atom is -0.481 e. The standard InChI is InChI=1S/C5H12O4.C4H8O2S/c6-1-5(2-7,3-8)4-9;1-3(7)2-4(5)6/h6-9H,1-4H2;3,7H,2H2,1H3,(H,5,6). The van der Waals surface area contributed by atoms with Crippen LogP contribution in [0.25, 0.3) is 0 Å². The lowest BCUT2D eigenvalue weighted by Gasteiger charge is -2.23. The van der Waals surface area contributed by atoms with E-state index in [1.165, 1.54) is 0 Å². The third-order valence-electron chi connectivity index (χ3n) is 1.81. The molecule has 0 aliphatic rings.